The molecule has 0 unspecified atom stereocenters. The number of hydrogen-bond donors (Lipinski definition) is 2. The number of rotatable bonds is 7. The number of nitrogens with one attached hydrogen (secondary N) is 1. The smallest absolute Gasteiger partial charge is 0.161 e. The van der Waals surface area contributed by atoms with Crippen LogP contribution in [0.4, 0.5) is 11.6 Å². The van der Waals surface area contributed by atoms with Crippen molar-refractivity contribution in [2.45, 2.75) is 6.54 Å². The third kappa shape index (κ3) is 4.00. The minimum absolute atomic E-state index is 0.315. The lowest BCUT2D eigenvalue weighted by atomic mass is 10.2. The summed E-state index contributed by atoms with van der Waals surface area (Å²) >= 11 is 0. The van der Waals surface area contributed by atoms with Crippen molar-refractivity contribution in [1.82, 2.24) is 9.97 Å². The van der Waals surface area contributed by atoms with Gasteiger partial charge in [-0.15, -0.1) is 0 Å². The van der Waals surface area contributed by atoms with E-state index < -0.39 is 0 Å². The van der Waals surface area contributed by atoms with Gasteiger partial charge in [-0.2, -0.15) is 0 Å². The number of anilines is 2. The number of nitrogens with two attached hydrogens (primary N) is 1. The molecule has 8 nitrogen and oxygen atoms in total. The SMILES string of the molecule is CO/N=C/c1c(N)ncnc1NCc1ccc(OC)c(OC)c1. The van der Waals surface area contributed by atoms with E-state index in [2.05, 4.69) is 25.3 Å². The van der Waals surface area contributed by atoms with Crippen LogP contribution < -0.4 is 20.5 Å². The third-order valence-corrected chi connectivity index (χ3v) is 3.11. The van der Waals surface area contributed by atoms with Crippen molar-refractivity contribution < 1.29 is 14.3 Å². The van der Waals surface area contributed by atoms with E-state index in [-0.39, 0.29) is 0 Å². The van der Waals surface area contributed by atoms with E-state index >= 15 is 0 Å². The van der Waals surface area contributed by atoms with Crippen molar-refractivity contribution in [2.75, 3.05) is 32.4 Å². The molecule has 0 aliphatic heterocycles. The summed E-state index contributed by atoms with van der Waals surface area (Å²) in [6.45, 7) is 0.518. The molecule has 8 heteroatoms. The van der Waals surface area contributed by atoms with Gasteiger partial charge in [-0.25, -0.2) is 9.97 Å². The van der Waals surface area contributed by atoms with E-state index in [0.29, 0.717) is 35.2 Å². The number of ether oxygens (including phenoxy) is 2. The van der Waals surface area contributed by atoms with Crippen molar-refractivity contribution in [3.05, 3.63) is 35.7 Å². The summed E-state index contributed by atoms with van der Waals surface area (Å²) in [4.78, 5) is 12.8. The summed E-state index contributed by atoms with van der Waals surface area (Å²) in [5.74, 6) is 2.22. The van der Waals surface area contributed by atoms with Gasteiger partial charge in [0.05, 0.1) is 26.0 Å². The molecule has 0 aliphatic rings. The molecular formula is C15H19N5O3. The largest absolute Gasteiger partial charge is 0.493 e. The van der Waals surface area contributed by atoms with Crippen LogP contribution >= 0.6 is 0 Å². The molecule has 0 amide bonds. The van der Waals surface area contributed by atoms with E-state index in [1.165, 1.54) is 19.7 Å². The lowest BCUT2D eigenvalue weighted by molar-refractivity contribution is 0.215. The van der Waals surface area contributed by atoms with Gasteiger partial charge in [0.25, 0.3) is 0 Å². The molecule has 0 spiro atoms. The van der Waals surface area contributed by atoms with Gasteiger partial charge in [-0.3, -0.25) is 0 Å². The first kappa shape index (κ1) is 16.3. The Labute approximate surface area is 134 Å². The fourth-order valence-electron chi connectivity index (χ4n) is 1.96. The zero-order valence-corrected chi connectivity index (χ0v) is 13.2. The van der Waals surface area contributed by atoms with Gasteiger partial charge < -0.3 is 25.4 Å². The molecule has 122 valence electrons. The van der Waals surface area contributed by atoms with Crippen LogP contribution in [-0.4, -0.2) is 37.5 Å². The maximum absolute atomic E-state index is 5.84. The lowest BCUT2D eigenvalue weighted by Gasteiger charge is -2.12. The standard InChI is InChI=1S/C15H19N5O3/c1-21-12-5-4-10(6-13(12)22-2)7-17-15-11(8-20-23-3)14(16)18-9-19-15/h4-6,8-9H,7H2,1-3H3,(H3,16,17,18,19)/b20-8+. The van der Waals surface area contributed by atoms with E-state index in [0.717, 1.165) is 5.56 Å². The number of nitrogen functional groups attached to an aromatic ring is 1. The number of hydrogen-bond acceptors (Lipinski definition) is 8. The van der Waals surface area contributed by atoms with Crippen LogP contribution in [0, 0.1) is 0 Å². The Morgan fingerprint density at radius 1 is 1.17 bits per heavy atom. The van der Waals surface area contributed by atoms with Crippen LogP contribution in [0.15, 0.2) is 29.7 Å². The molecule has 2 aromatic rings. The highest BCUT2D eigenvalue weighted by Gasteiger charge is 2.09. The molecule has 0 radical (unpaired) electrons. The van der Waals surface area contributed by atoms with Crippen LogP contribution in [-0.2, 0) is 11.4 Å². The summed E-state index contributed by atoms with van der Waals surface area (Å²) in [7, 11) is 4.65. The Hall–Kier alpha value is -3.03. The molecule has 0 atom stereocenters. The molecule has 0 aliphatic carbocycles. The molecule has 0 saturated heterocycles. The quantitative estimate of drug-likeness (QED) is 0.591. The Morgan fingerprint density at radius 3 is 2.65 bits per heavy atom. The number of benzene rings is 1. The summed E-state index contributed by atoms with van der Waals surface area (Å²) in [5, 5.41) is 6.90. The summed E-state index contributed by atoms with van der Waals surface area (Å²) in [6.07, 6.45) is 2.85. The van der Waals surface area contributed by atoms with Crippen LogP contribution in [0.5, 0.6) is 11.5 Å². The fourth-order valence-corrected chi connectivity index (χ4v) is 1.96. The number of nitrogens with zero attached hydrogens (tertiary/aromatic N) is 3. The minimum atomic E-state index is 0.315. The van der Waals surface area contributed by atoms with Gasteiger partial charge in [-0.1, -0.05) is 11.2 Å². The van der Waals surface area contributed by atoms with Gasteiger partial charge in [0.15, 0.2) is 11.5 Å². The van der Waals surface area contributed by atoms with Gasteiger partial charge in [0.2, 0.25) is 0 Å². The van der Waals surface area contributed by atoms with Crippen molar-refractivity contribution in [3.63, 3.8) is 0 Å². The lowest BCUT2D eigenvalue weighted by Crippen LogP contribution is -2.08. The molecular weight excluding hydrogens is 298 g/mol. The van der Waals surface area contributed by atoms with Gasteiger partial charge in [0, 0.05) is 6.54 Å². The predicted molar refractivity (Wildman–Crippen MR) is 87.9 cm³/mol. The second-order valence-electron chi connectivity index (χ2n) is 4.48. The van der Waals surface area contributed by atoms with E-state index in [1.807, 2.05) is 18.2 Å². The van der Waals surface area contributed by atoms with Gasteiger partial charge in [0.1, 0.15) is 25.1 Å². The van der Waals surface area contributed by atoms with Gasteiger partial charge >= 0.3 is 0 Å². The summed E-state index contributed by atoms with van der Waals surface area (Å²) in [6, 6.07) is 5.67. The number of oxime groups is 1. The monoisotopic (exact) mass is 317 g/mol. The Balaban J connectivity index is 2.18. The van der Waals surface area contributed by atoms with Crippen molar-refractivity contribution in [3.8, 4) is 11.5 Å². The zero-order valence-electron chi connectivity index (χ0n) is 13.2. The minimum Gasteiger partial charge on any atom is -0.493 e. The van der Waals surface area contributed by atoms with Crippen LogP contribution in [0.1, 0.15) is 11.1 Å². The van der Waals surface area contributed by atoms with Crippen molar-refractivity contribution in [2.24, 2.45) is 5.16 Å². The first-order valence-corrected chi connectivity index (χ1v) is 6.81. The summed E-state index contributed by atoms with van der Waals surface area (Å²) < 4.78 is 10.5. The highest BCUT2D eigenvalue weighted by molar-refractivity contribution is 5.91. The molecule has 0 fully saturated rings. The maximum atomic E-state index is 5.84. The average Bonchev–Trinajstić information content (AvgIpc) is 2.58. The topological polar surface area (TPSA) is 104 Å². The van der Waals surface area contributed by atoms with Crippen molar-refractivity contribution in [1.29, 1.82) is 0 Å². The van der Waals surface area contributed by atoms with Crippen molar-refractivity contribution >= 4 is 17.9 Å². The van der Waals surface area contributed by atoms with Crippen LogP contribution in [0.25, 0.3) is 0 Å². The molecule has 1 aromatic carbocycles. The first-order chi connectivity index (χ1) is 11.2. The van der Waals surface area contributed by atoms with E-state index in [9.17, 15) is 0 Å². The Bertz CT molecular complexity index is 691. The number of aromatic nitrogens is 2. The molecule has 23 heavy (non-hydrogen) atoms. The molecule has 2 rings (SSSR count). The third-order valence-electron chi connectivity index (χ3n) is 3.11. The molecule has 3 N–H and O–H groups in total. The van der Waals surface area contributed by atoms with Gasteiger partial charge in [-0.05, 0) is 17.7 Å². The molecule has 1 heterocycles. The molecule has 1 aromatic heterocycles. The normalized spacial score (nSPS) is 10.6. The van der Waals surface area contributed by atoms with Crippen LogP contribution in [0.2, 0.25) is 0 Å². The number of methoxy groups -OCH3 is 2. The molecule has 0 bridgehead atoms. The molecule has 0 saturated carbocycles. The highest BCUT2D eigenvalue weighted by Crippen LogP contribution is 2.28. The Kier molecular flexibility index (Phi) is 5.56. The van der Waals surface area contributed by atoms with E-state index in [4.69, 9.17) is 15.2 Å². The predicted octanol–water partition coefficient (Wildman–Crippen LogP) is 1.67. The second-order valence-corrected chi connectivity index (χ2v) is 4.48. The average molecular weight is 317 g/mol. The van der Waals surface area contributed by atoms with E-state index in [1.54, 1.807) is 14.2 Å². The zero-order chi connectivity index (χ0) is 16.7. The fraction of sp³-hybridized carbons (Fsp3) is 0.267. The Morgan fingerprint density at radius 2 is 1.96 bits per heavy atom. The maximum Gasteiger partial charge on any atom is 0.161 e. The summed E-state index contributed by atoms with van der Waals surface area (Å²) in [5.41, 5.74) is 7.40. The highest BCUT2D eigenvalue weighted by atomic mass is 16.6. The van der Waals surface area contributed by atoms with Crippen LogP contribution in [0.3, 0.4) is 0 Å². The second kappa shape index (κ2) is 7.83. The first-order valence-electron chi connectivity index (χ1n) is 6.81.